The number of aliphatic hydroxyl groups excluding tert-OH is 1. The van der Waals surface area contributed by atoms with Crippen LogP contribution < -0.4 is 10.6 Å². The number of anilines is 1. The second-order valence-electron chi connectivity index (χ2n) is 2.73. The van der Waals surface area contributed by atoms with Gasteiger partial charge in [-0.05, 0) is 18.2 Å². The minimum Gasteiger partial charge on any atom is -0.395 e. The summed E-state index contributed by atoms with van der Waals surface area (Å²) in [5, 5.41) is 13.2. The minimum atomic E-state index is -0.600. The maximum atomic E-state index is 12.9. The van der Waals surface area contributed by atoms with Gasteiger partial charge in [-0.25, -0.2) is 9.18 Å². The van der Waals surface area contributed by atoms with E-state index in [9.17, 15) is 9.18 Å². The molecule has 3 N–H and O–H groups in total. The van der Waals surface area contributed by atoms with Gasteiger partial charge in [0.15, 0.2) is 0 Å². The molecule has 15 heavy (non-hydrogen) atoms. The van der Waals surface area contributed by atoms with E-state index in [-0.39, 0.29) is 18.2 Å². The molecule has 0 fully saturated rings. The van der Waals surface area contributed by atoms with Crippen LogP contribution in [0.3, 0.4) is 0 Å². The molecule has 0 saturated heterocycles. The quantitative estimate of drug-likeness (QED) is 0.741. The molecular formula is C9H10ClFN2O2. The summed E-state index contributed by atoms with van der Waals surface area (Å²) in [5.41, 5.74) is 0.298. The van der Waals surface area contributed by atoms with Crippen molar-refractivity contribution in [1.29, 1.82) is 0 Å². The molecule has 0 aliphatic heterocycles. The molecule has 0 unspecified atom stereocenters. The Bertz CT molecular complexity index is 360. The SMILES string of the molecule is O=C(NCCO)Nc1ccc(Cl)c(F)c1. The second-order valence-corrected chi connectivity index (χ2v) is 3.14. The lowest BCUT2D eigenvalue weighted by atomic mass is 10.3. The Hall–Kier alpha value is -1.33. The van der Waals surface area contributed by atoms with Crippen LogP contribution >= 0.6 is 11.6 Å². The molecule has 82 valence electrons. The number of carbonyl (C=O) groups excluding carboxylic acids is 1. The van der Waals surface area contributed by atoms with E-state index in [0.717, 1.165) is 6.07 Å². The molecule has 6 heteroatoms. The van der Waals surface area contributed by atoms with Crippen LogP contribution in [0.4, 0.5) is 14.9 Å². The monoisotopic (exact) mass is 232 g/mol. The normalized spacial score (nSPS) is 9.80. The van der Waals surface area contributed by atoms with Crippen molar-refractivity contribution in [1.82, 2.24) is 5.32 Å². The summed E-state index contributed by atoms with van der Waals surface area (Å²) < 4.78 is 12.9. The van der Waals surface area contributed by atoms with Crippen LogP contribution in [0.25, 0.3) is 0 Å². The number of amides is 2. The van der Waals surface area contributed by atoms with Crippen LogP contribution in [-0.2, 0) is 0 Å². The highest BCUT2D eigenvalue weighted by atomic mass is 35.5. The van der Waals surface area contributed by atoms with E-state index in [4.69, 9.17) is 16.7 Å². The first-order chi connectivity index (χ1) is 7.13. The molecule has 0 aliphatic carbocycles. The Morgan fingerprint density at radius 3 is 2.87 bits per heavy atom. The highest BCUT2D eigenvalue weighted by Crippen LogP contribution is 2.18. The molecule has 0 aromatic heterocycles. The molecular weight excluding hydrogens is 223 g/mol. The zero-order valence-electron chi connectivity index (χ0n) is 7.76. The largest absolute Gasteiger partial charge is 0.395 e. The predicted octanol–water partition coefficient (Wildman–Crippen LogP) is 1.59. The molecule has 0 aliphatic rings. The van der Waals surface area contributed by atoms with Gasteiger partial charge < -0.3 is 15.7 Å². The molecule has 1 rings (SSSR count). The minimum absolute atomic E-state index is 0.00341. The van der Waals surface area contributed by atoms with Crippen LogP contribution in [0.2, 0.25) is 5.02 Å². The molecule has 0 bridgehead atoms. The molecule has 0 heterocycles. The molecule has 0 saturated carbocycles. The number of hydrogen-bond acceptors (Lipinski definition) is 2. The molecule has 4 nitrogen and oxygen atoms in total. The van der Waals surface area contributed by atoms with Crippen LogP contribution in [0, 0.1) is 5.82 Å². The van der Waals surface area contributed by atoms with Crippen molar-refractivity contribution < 1.29 is 14.3 Å². The summed E-state index contributed by atoms with van der Waals surface area (Å²) in [6.07, 6.45) is 0. The average Bonchev–Trinajstić information content (AvgIpc) is 2.20. The Labute approximate surface area is 91.1 Å². The fourth-order valence-corrected chi connectivity index (χ4v) is 1.04. The van der Waals surface area contributed by atoms with Crippen molar-refractivity contribution in [2.75, 3.05) is 18.5 Å². The molecule has 0 spiro atoms. The van der Waals surface area contributed by atoms with E-state index in [2.05, 4.69) is 10.6 Å². The number of hydrogen-bond donors (Lipinski definition) is 3. The Kier molecular flexibility index (Phi) is 4.33. The van der Waals surface area contributed by atoms with E-state index in [1.807, 2.05) is 0 Å². The standard InChI is InChI=1S/C9H10ClFN2O2/c10-7-2-1-6(5-8(7)11)13-9(15)12-3-4-14/h1-2,5,14H,3-4H2,(H2,12,13,15). The van der Waals surface area contributed by atoms with E-state index in [1.54, 1.807) is 0 Å². The first-order valence-corrected chi connectivity index (χ1v) is 4.62. The van der Waals surface area contributed by atoms with Gasteiger partial charge in [0.2, 0.25) is 0 Å². The summed E-state index contributed by atoms with van der Waals surface area (Å²) in [7, 11) is 0. The van der Waals surface area contributed by atoms with E-state index in [0.29, 0.717) is 5.69 Å². The van der Waals surface area contributed by atoms with E-state index >= 15 is 0 Å². The van der Waals surface area contributed by atoms with E-state index in [1.165, 1.54) is 12.1 Å². The highest BCUT2D eigenvalue weighted by Gasteiger charge is 2.03. The molecule has 1 aromatic rings. The fraction of sp³-hybridized carbons (Fsp3) is 0.222. The van der Waals surface area contributed by atoms with Crippen molar-refractivity contribution in [2.45, 2.75) is 0 Å². The second kappa shape index (κ2) is 5.53. The summed E-state index contributed by atoms with van der Waals surface area (Å²) in [5.74, 6) is -0.600. The lowest BCUT2D eigenvalue weighted by Gasteiger charge is -2.06. The first kappa shape index (κ1) is 11.7. The molecule has 2 amide bonds. The first-order valence-electron chi connectivity index (χ1n) is 4.24. The topological polar surface area (TPSA) is 61.4 Å². The van der Waals surface area contributed by atoms with Gasteiger partial charge in [0.25, 0.3) is 0 Å². The number of aliphatic hydroxyl groups is 1. The Balaban J connectivity index is 2.57. The van der Waals surface area contributed by atoms with Gasteiger partial charge in [-0.2, -0.15) is 0 Å². The zero-order valence-corrected chi connectivity index (χ0v) is 8.51. The number of carbonyl (C=O) groups is 1. The number of benzene rings is 1. The Morgan fingerprint density at radius 1 is 1.53 bits per heavy atom. The third-order valence-corrected chi connectivity index (χ3v) is 1.88. The van der Waals surface area contributed by atoms with Crippen molar-refractivity contribution in [3.05, 3.63) is 29.0 Å². The van der Waals surface area contributed by atoms with E-state index < -0.39 is 11.8 Å². The van der Waals surface area contributed by atoms with Crippen molar-refractivity contribution in [3.63, 3.8) is 0 Å². The van der Waals surface area contributed by atoms with Gasteiger partial charge in [0.05, 0.1) is 11.6 Å². The average molecular weight is 233 g/mol. The van der Waals surface area contributed by atoms with Crippen LogP contribution in [0.5, 0.6) is 0 Å². The molecule has 1 aromatic carbocycles. The van der Waals surface area contributed by atoms with Crippen LogP contribution in [0.15, 0.2) is 18.2 Å². The maximum Gasteiger partial charge on any atom is 0.319 e. The third kappa shape index (κ3) is 3.73. The fourth-order valence-electron chi connectivity index (χ4n) is 0.919. The Morgan fingerprint density at radius 2 is 2.27 bits per heavy atom. The van der Waals surface area contributed by atoms with Crippen LogP contribution in [-0.4, -0.2) is 24.3 Å². The lowest BCUT2D eigenvalue weighted by Crippen LogP contribution is -2.30. The number of rotatable bonds is 3. The third-order valence-electron chi connectivity index (χ3n) is 1.57. The highest BCUT2D eigenvalue weighted by molar-refractivity contribution is 6.30. The summed E-state index contributed by atoms with van der Waals surface area (Å²) in [6, 6.07) is 3.43. The van der Waals surface area contributed by atoms with Crippen molar-refractivity contribution >= 4 is 23.3 Å². The van der Waals surface area contributed by atoms with Crippen molar-refractivity contribution in [3.8, 4) is 0 Å². The zero-order chi connectivity index (χ0) is 11.3. The number of halogens is 2. The summed E-state index contributed by atoms with van der Waals surface area (Å²) >= 11 is 5.46. The van der Waals surface area contributed by atoms with Crippen LogP contribution in [0.1, 0.15) is 0 Å². The van der Waals surface area contributed by atoms with Gasteiger partial charge in [0, 0.05) is 12.2 Å². The van der Waals surface area contributed by atoms with Gasteiger partial charge in [0.1, 0.15) is 5.82 Å². The van der Waals surface area contributed by atoms with Crippen molar-refractivity contribution in [2.24, 2.45) is 0 Å². The maximum absolute atomic E-state index is 12.9. The summed E-state index contributed by atoms with van der Waals surface area (Å²) in [6.45, 7) is -0.00962. The molecule has 0 radical (unpaired) electrons. The summed E-state index contributed by atoms with van der Waals surface area (Å²) in [4.78, 5) is 11.1. The number of urea groups is 1. The van der Waals surface area contributed by atoms with Gasteiger partial charge in [-0.3, -0.25) is 0 Å². The van der Waals surface area contributed by atoms with Gasteiger partial charge in [-0.1, -0.05) is 11.6 Å². The van der Waals surface area contributed by atoms with Gasteiger partial charge >= 0.3 is 6.03 Å². The lowest BCUT2D eigenvalue weighted by molar-refractivity contribution is 0.245. The van der Waals surface area contributed by atoms with Gasteiger partial charge in [-0.15, -0.1) is 0 Å². The number of nitrogens with one attached hydrogen (secondary N) is 2. The smallest absolute Gasteiger partial charge is 0.319 e. The predicted molar refractivity (Wildman–Crippen MR) is 55.5 cm³/mol. The molecule has 0 atom stereocenters.